The Hall–Kier alpha value is -2.76. The molecular formula is C22H27NO5. The molecule has 0 aliphatic heterocycles. The number of esters is 1. The van der Waals surface area contributed by atoms with Gasteiger partial charge in [0, 0.05) is 17.7 Å². The fraction of sp³-hybridized carbons (Fsp3) is 0.455. The van der Waals surface area contributed by atoms with Crippen LogP contribution in [0.25, 0.3) is 0 Å². The number of hydrogen-bond acceptors (Lipinski definition) is 5. The van der Waals surface area contributed by atoms with Crippen LogP contribution < -0.4 is 9.47 Å². The minimum absolute atomic E-state index is 0.0105. The average Bonchev–Trinajstić information content (AvgIpc) is 3.04. The van der Waals surface area contributed by atoms with Crippen molar-refractivity contribution >= 4 is 11.8 Å². The molecule has 6 heteroatoms. The van der Waals surface area contributed by atoms with Crippen molar-refractivity contribution in [2.75, 3.05) is 14.2 Å². The van der Waals surface area contributed by atoms with E-state index in [1.54, 1.807) is 21.1 Å². The molecule has 0 saturated carbocycles. The van der Waals surface area contributed by atoms with Crippen LogP contribution in [0, 0.1) is 6.92 Å². The molecule has 0 fully saturated rings. The minimum Gasteiger partial charge on any atom is -0.493 e. The number of rotatable bonds is 6. The fourth-order valence-electron chi connectivity index (χ4n) is 3.70. The molecule has 2 aromatic rings. The first-order chi connectivity index (χ1) is 13.4. The molecule has 1 aliphatic rings. The number of aromatic amines is 1. The molecule has 28 heavy (non-hydrogen) atoms. The van der Waals surface area contributed by atoms with Crippen molar-refractivity contribution < 1.29 is 23.8 Å². The van der Waals surface area contributed by atoms with Gasteiger partial charge in [-0.25, -0.2) is 4.79 Å². The van der Waals surface area contributed by atoms with E-state index >= 15 is 0 Å². The lowest BCUT2D eigenvalue weighted by molar-refractivity contribution is 0.0327. The van der Waals surface area contributed by atoms with Crippen LogP contribution in [-0.4, -0.2) is 37.1 Å². The number of methoxy groups -OCH3 is 2. The number of fused-ring (bicyclic) bond motifs is 1. The third-order valence-corrected chi connectivity index (χ3v) is 5.46. The van der Waals surface area contributed by atoms with Gasteiger partial charge < -0.3 is 19.2 Å². The zero-order valence-corrected chi connectivity index (χ0v) is 17.0. The van der Waals surface area contributed by atoms with E-state index in [9.17, 15) is 9.59 Å². The number of benzene rings is 1. The normalized spacial score (nSPS) is 17.0. The molecule has 1 heterocycles. The molecule has 0 amide bonds. The summed E-state index contributed by atoms with van der Waals surface area (Å²) >= 11 is 0. The Morgan fingerprint density at radius 3 is 2.57 bits per heavy atom. The second-order valence-electron chi connectivity index (χ2n) is 7.25. The summed E-state index contributed by atoms with van der Waals surface area (Å²) < 4.78 is 16.1. The van der Waals surface area contributed by atoms with Crippen molar-refractivity contribution in [1.29, 1.82) is 0 Å². The molecule has 1 aliphatic carbocycles. The van der Waals surface area contributed by atoms with E-state index in [2.05, 4.69) is 4.98 Å². The number of nitrogens with one attached hydrogen (secondary N) is 1. The Morgan fingerprint density at radius 1 is 1.21 bits per heavy atom. The maximum Gasteiger partial charge on any atom is 0.355 e. The molecular weight excluding hydrogens is 358 g/mol. The Bertz CT molecular complexity index is 899. The van der Waals surface area contributed by atoms with E-state index in [0.717, 1.165) is 17.7 Å². The van der Waals surface area contributed by atoms with Crippen molar-refractivity contribution in [3.05, 3.63) is 46.3 Å². The highest BCUT2D eigenvalue weighted by molar-refractivity contribution is 6.03. The standard InChI is InChI=1S/C22H27NO5/c1-6-12(2)28-22(25)21-13(3)20-16(23-21)9-15(10-17(20)24)14-7-8-18(26-4)19(11-14)27-5/h7-8,11-12,15,23H,6,9-10H2,1-5H3/t12-,15+/m1/s1. The van der Waals surface area contributed by atoms with Gasteiger partial charge in [0.25, 0.3) is 0 Å². The Kier molecular flexibility index (Phi) is 5.77. The maximum absolute atomic E-state index is 12.9. The Balaban J connectivity index is 1.90. The number of ketones is 1. The molecule has 1 aromatic carbocycles. The Labute approximate surface area is 165 Å². The van der Waals surface area contributed by atoms with Crippen LogP contribution in [0.1, 0.15) is 70.3 Å². The molecule has 0 bridgehead atoms. The summed E-state index contributed by atoms with van der Waals surface area (Å²) in [5, 5.41) is 0. The number of hydrogen-bond donors (Lipinski definition) is 1. The molecule has 150 valence electrons. The van der Waals surface area contributed by atoms with Crippen molar-refractivity contribution in [2.24, 2.45) is 0 Å². The first-order valence-electron chi connectivity index (χ1n) is 9.57. The van der Waals surface area contributed by atoms with Crippen LogP contribution in [-0.2, 0) is 11.2 Å². The summed E-state index contributed by atoms with van der Waals surface area (Å²) in [6.45, 7) is 5.62. The summed E-state index contributed by atoms with van der Waals surface area (Å²) in [5.74, 6) is 0.934. The Morgan fingerprint density at radius 2 is 1.93 bits per heavy atom. The van der Waals surface area contributed by atoms with Gasteiger partial charge in [0.2, 0.25) is 0 Å². The molecule has 3 rings (SSSR count). The van der Waals surface area contributed by atoms with E-state index in [4.69, 9.17) is 14.2 Å². The zero-order valence-electron chi connectivity index (χ0n) is 17.0. The van der Waals surface area contributed by atoms with Gasteiger partial charge in [0.15, 0.2) is 17.3 Å². The average molecular weight is 385 g/mol. The summed E-state index contributed by atoms with van der Waals surface area (Å²) in [4.78, 5) is 28.5. The summed E-state index contributed by atoms with van der Waals surface area (Å²) in [6.07, 6.45) is 1.61. The molecule has 1 aromatic heterocycles. The monoisotopic (exact) mass is 385 g/mol. The summed E-state index contributed by atoms with van der Waals surface area (Å²) in [5.41, 5.74) is 3.50. The van der Waals surface area contributed by atoms with E-state index in [-0.39, 0.29) is 17.8 Å². The molecule has 2 atom stereocenters. The van der Waals surface area contributed by atoms with E-state index in [1.165, 1.54) is 0 Å². The molecule has 6 nitrogen and oxygen atoms in total. The SMILES string of the molecule is CC[C@@H](C)OC(=O)c1[nH]c2c(c1C)C(=O)C[C@@H](c1ccc(OC)c(OC)c1)C2. The molecule has 0 spiro atoms. The highest BCUT2D eigenvalue weighted by Gasteiger charge is 2.32. The quantitative estimate of drug-likeness (QED) is 0.754. The third kappa shape index (κ3) is 3.63. The van der Waals surface area contributed by atoms with Gasteiger partial charge in [-0.1, -0.05) is 13.0 Å². The summed E-state index contributed by atoms with van der Waals surface area (Å²) in [6, 6.07) is 5.72. The number of aromatic nitrogens is 1. The molecule has 0 unspecified atom stereocenters. The second-order valence-corrected chi connectivity index (χ2v) is 7.25. The molecule has 0 saturated heterocycles. The number of carbonyl (C=O) groups excluding carboxylic acids is 2. The summed E-state index contributed by atoms with van der Waals surface area (Å²) in [7, 11) is 3.19. The minimum atomic E-state index is -0.406. The van der Waals surface area contributed by atoms with E-state index < -0.39 is 5.97 Å². The lowest BCUT2D eigenvalue weighted by Gasteiger charge is -2.23. The van der Waals surface area contributed by atoms with Gasteiger partial charge in [-0.3, -0.25) is 4.79 Å². The van der Waals surface area contributed by atoms with Gasteiger partial charge in [-0.05, 0) is 55.9 Å². The first-order valence-corrected chi connectivity index (χ1v) is 9.57. The van der Waals surface area contributed by atoms with Crippen LogP contribution in [0.5, 0.6) is 11.5 Å². The van der Waals surface area contributed by atoms with Crippen molar-refractivity contribution in [3.8, 4) is 11.5 Å². The van der Waals surface area contributed by atoms with Crippen LogP contribution in [0.3, 0.4) is 0 Å². The zero-order chi connectivity index (χ0) is 20.4. The smallest absolute Gasteiger partial charge is 0.355 e. The fourth-order valence-corrected chi connectivity index (χ4v) is 3.70. The lowest BCUT2D eigenvalue weighted by Crippen LogP contribution is -2.18. The van der Waals surface area contributed by atoms with Crippen LogP contribution >= 0.6 is 0 Å². The molecule has 1 N–H and O–H groups in total. The highest BCUT2D eigenvalue weighted by atomic mass is 16.5. The van der Waals surface area contributed by atoms with E-state index in [1.807, 2.05) is 32.0 Å². The van der Waals surface area contributed by atoms with Gasteiger partial charge in [-0.15, -0.1) is 0 Å². The first kappa shape index (κ1) is 20.0. The largest absolute Gasteiger partial charge is 0.493 e. The van der Waals surface area contributed by atoms with Crippen LogP contribution in [0.15, 0.2) is 18.2 Å². The van der Waals surface area contributed by atoms with Crippen LogP contribution in [0.2, 0.25) is 0 Å². The van der Waals surface area contributed by atoms with E-state index in [0.29, 0.717) is 41.2 Å². The van der Waals surface area contributed by atoms with Gasteiger partial charge in [-0.2, -0.15) is 0 Å². The lowest BCUT2D eigenvalue weighted by atomic mass is 9.81. The van der Waals surface area contributed by atoms with Gasteiger partial charge in [0.1, 0.15) is 5.69 Å². The van der Waals surface area contributed by atoms with Gasteiger partial charge in [0.05, 0.1) is 20.3 Å². The third-order valence-electron chi connectivity index (χ3n) is 5.46. The number of H-pyrrole nitrogens is 1. The second kappa shape index (κ2) is 8.09. The topological polar surface area (TPSA) is 77.6 Å². The maximum atomic E-state index is 12.9. The molecule has 0 radical (unpaired) electrons. The van der Waals surface area contributed by atoms with Crippen molar-refractivity contribution in [3.63, 3.8) is 0 Å². The predicted molar refractivity (Wildman–Crippen MR) is 106 cm³/mol. The van der Waals surface area contributed by atoms with Crippen LogP contribution in [0.4, 0.5) is 0 Å². The number of Topliss-reactive ketones (excluding diaryl/α,β-unsaturated/α-hetero) is 1. The van der Waals surface area contributed by atoms with Gasteiger partial charge >= 0.3 is 5.97 Å². The predicted octanol–water partition coefficient (Wildman–Crippen LogP) is 4.21. The van der Waals surface area contributed by atoms with Crippen molar-refractivity contribution in [1.82, 2.24) is 4.98 Å². The number of ether oxygens (including phenoxy) is 3. The highest BCUT2D eigenvalue weighted by Crippen LogP contribution is 2.38. The number of carbonyl (C=O) groups is 2. The van der Waals surface area contributed by atoms with Crippen molar-refractivity contribution in [2.45, 2.75) is 52.1 Å².